The number of aliphatic carboxylic acids is 1. The first kappa shape index (κ1) is 13.7. The largest absolute Gasteiger partial charge is 0.480 e. The Morgan fingerprint density at radius 1 is 1.71 bits per heavy atom. The third-order valence-corrected chi connectivity index (χ3v) is 3.06. The fourth-order valence-corrected chi connectivity index (χ4v) is 2.10. The molecule has 0 saturated carbocycles. The maximum absolute atomic E-state index is 11.3. The number of carboxylic acids is 1. The van der Waals surface area contributed by atoms with Crippen LogP contribution in [0.5, 0.6) is 0 Å². The summed E-state index contributed by atoms with van der Waals surface area (Å²) in [6.07, 6.45) is 3.14. The van der Waals surface area contributed by atoms with Gasteiger partial charge in [0.1, 0.15) is 5.54 Å². The number of nitrogens with one attached hydrogen (secondary N) is 1. The van der Waals surface area contributed by atoms with Crippen molar-refractivity contribution in [3.8, 4) is 0 Å². The highest BCUT2D eigenvalue weighted by atomic mass is 16.4. The summed E-state index contributed by atoms with van der Waals surface area (Å²) < 4.78 is 1.76. The van der Waals surface area contributed by atoms with E-state index in [1.54, 1.807) is 17.8 Å². The summed E-state index contributed by atoms with van der Waals surface area (Å²) in [6.45, 7) is 5.66. The first-order valence-corrected chi connectivity index (χ1v) is 5.89. The molecule has 1 heterocycles. The molecule has 2 N–H and O–H groups in total. The molecule has 17 heavy (non-hydrogen) atoms. The van der Waals surface area contributed by atoms with Crippen LogP contribution in [0.15, 0.2) is 12.3 Å². The summed E-state index contributed by atoms with van der Waals surface area (Å²) in [7, 11) is 1.85. The predicted molar refractivity (Wildman–Crippen MR) is 65.7 cm³/mol. The number of aryl methyl sites for hydroxylation is 1. The molecule has 0 aliphatic heterocycles. The van der Waals surface area contributed by atoms with Gasteiger partial charge in [-0.3, -0.25) is 14.8 Å². The van der Waals surface area contributed by atoms with Gasteiger partial charge in [-0.25, -0.2) is 0 Å². The molecule has 0 amide bonds. The van der Waals surface area contributed by atoms with E-state index in [9.17, 15) is 9.90 Å². The molecule has 1 aromatic rings. The average molecular weight is 239 g/mol. The number of carbonyl (C=O) groups is 1. The summed E-state index contributed by atoms with van der Waals surface area (Å²) in [6, 6.07) is 1.85. The minimum absolute atomic E-state index is 0.0462. The van der Waals surface area contributed by atoms with Crippen LogP contribution < -0.4 is 5.32 Å². The summed E-state index contributed by atoms with van der Waals surface area (Å²) in [4.78, 5) is 11.3. The van der Waals surface area contributed by atoms with Crippen LogP contribution in [0.1, 0.15) is 45.3 Å². The molecule has 0 aliphatic carbocycles. The van der Waals surface area contributed by atoms with Gasteiger partial charge in [-0.1, -0.05) is 13.3 Å². The number of hydrogen-bond donors (Lipinski definition) is 2. The van der Waals surface area contributed by atoms with Crippen molar-refractivity contribution in [2.75, 3.05) is 0 Å². The fraction of sp³-hybridized carbons (Fsp3) is 0.667. The Hall–Kier alpha value is -1.36. The molecule has 0 bridgehead atoms. The molecular weight excluding hydrogens is 218 g/mol. The Morgan fingerprint density at radius 2 is 2.35 bits per heavy atom. The van der Waals surface area contributed by atoms with Crippen molar-refractivity contribution in [1.82, 2.24) is 15.1 Å². The smallest absolute Gasteiger partial charge is 0.323 e. The van der Waals surface area contributed by atoms with Crippen LogP contribution in [0, 0.1) is 0 Å². The minimum Gasteiger partial charge on any atom is -0.480 e. The average Bonchev–Trinajstić information content (AvgIpc) is 2.64. The molecule has 96 valence electrons. The topological polar surface area (TPSA) is 67.2 Å². The zero-order valence-corrected chi connectivity index (χ0v) is 10.9. The van der Waals surface area contributed by atoms with Crippen LogP contribution >= 0.6 is 0 Å². The van der Waals surface area contributed by atoms with Crippen LogP contribution in [-0.4, -0.2) is 26.4 Å². The van der Waals surface area contributed by atoms with Crippen molar-refractivity contribution in [3.63, 3.8) is 0 Å². The minimum atomic E-state index is -0.890. The maximum Gasteiger partial charge on any atom is 0.323 e. The van der Waals surface area contributed by atoms with E-state index in [-0.39, 0.29) is 6.04 Å². The summed E-state index contributed by atoms with van der Waals surface area (Å²) in [5.41, 5.74) is 0.0897. The van der Waals surface area contributed by atoms with E-state index in [1.165, 1.54) is 0 Å². The lowest BCUT2D eigenvalue weighted by Gasteiger charge is -2.29. The van der Waals surface area contributed by atoms with Crippen LogP contribution in [0.4, 0.5) is 0 Å². The Kier molecular flexibility index (Phi) is 4.28. The van der Waals surface area contributed by atoms with E-state index in [0.29, 0.717) is 6.42 Å². The third-order valence-electron chi connectivity index (χ3n) is 3.06. The molecule has 0 spiro atoms. The standard InChI is InChI=1S/C12H21N3O2/c1-5-7-12(3,11(16)17)14-9(2)10-6-8-13-15(10)4/h6,8-9,14H,5,7H2,1-4H3,(H,16,17). The van der Waals surface area contributed by atoms with Gasteiger partial charge >= 0.3 is 5.97 Å². The van der Waals surface area contributed by atoms with Gasteiger partial charge in [0.05, 0.1) is 5.69 Å². The lowest BCUT2D eigenvalue weighted by molar-refractivity contribution is -0.144. The molecule has 1 rings (SSSR count). The number of carboxylic acid groups (broad SMARTS) is 1. The van der Waals surface area contributed by atoms with Crippen molar-refractivity contribution in [3.05, 3.63) is 18.0 Å². The molecule has 5 nitrogen and oxygen atoms in total. The molecule has 2 atom stereocenters. The molecule has 0 aromatic carbocycles. The molecule has 1 aromatic heterocycles. The quantitative estimate of drug-likeness (QED) is 0.793. The van der Waals surface area contributed by atoms with Crippen molar-refractivity contribution in [2.24, 2.45) is 7.05 Å². The van der Waals surface area contributed by atoms with Gasteiger partial charge in [0.25, 0.3) is 0 Å². The highest BCUT2D eigenvalue weighted by Gasteiger charge is 2.33. The van der Waals surface area contributed by atoms with Gasteiger partial charge < -0.3 is 5.11 Å². The van der Waals surface area contributed by atoms with E-state index < -0.39 is 11.5 Å². The number of nitrogens with zero attached hydrogens (tertiary/aromatic N) is 2. The Labute approximate surface area is 102 Å². The maximum atomic E-state index is 11.3. The highest BCUT2D eigenvalue weighted by Crippen LogP contribution is 2.19. The molecule has 0 saturated heterocycles. The zero-order valence-electron chi connectivity index (χ0n) is 10.9. The van der Waals surface area contributed by atoms with Crippen LogP contribution in [0.3, 0.4) is 0 Å². The van der Waals surface area contributed by atoms with Gasteiger partial charge in [0, 0.05) is 19.3 Å². The lowest BCUT2D eigenvalue weighted by Crippen LogP contribution is -2.50. The van der Waals surface area contributed by atoms with Gasteiger partial charge in [-0.15, -0.1) is 0 Å². The van der Waals surface area contributed by atoms with Crippen LogP contribution in [0.25, 0.3) is 0 Å². The Balaban J connectivity index is 2.81. The van der Waals surface area contributed by atoms with Crippen LogP contribution in [0.2, 0.25) is 0 Å². The van der Waals surface area contributed by atoms with E-state index in [2.05, 4.69) is 10.4 Å². The van der Waals surface area contributed by atoms with Gasteiger partial charge in [0.2, 0.25) is 0 Å². The number of aromatic nitrogens is 2. The molecule has 0 aliphatic rings. The molecule has 0 fully saturated rings. The summed E-state index contributed by atoms with van der Waals surface area (Å²) in [5, 5.41) is 16.6. The lowest BCUT2D eigenvalue weighted by atomic mass is 9.95. The van der Waals surface area contributed by atoms with Crippen molar-refractivity contribution < 1.29 is 9.90 Å². The number of hydrogen-bond acceptors (Lipinski definition) is 3. The molecule has 0 radical (unpaired) electrons. The van der Waals surface area contributed by atoms with Gasteiger partial charge in [-0.2, -0.15) is 5.10 Å². The van der Waals surface area contributed by atoms with Crippen molar-refractivity contribution >= 4 is 5.97 Å². The molecule has 5 heteroatoms. The Morgan fingerprint density at radius 3 is 2.76 bits per heavy atom. The SMILES string of the molecule is CCCC(C)(NC(C)c1ccnn1C)C(=O)O. The van der Waals surface area contributed by atoms with Crippen molar-refractivity contribution in [2.45, 2.75) is 45.2 Å². The van der Waals surface area contributed by atoms with Crippen LogP contribution in [-0.2, 0) is 11.8 Å². The van der Waals surface area contributed by atoms with Gasteiger partial charge in [0.15, 0.2) is 0 Å². The monoisotopic (exact) mass is 239 g/mol. The van der Waals surface area contributed by atoms with E-state index in [4.69, 9.17) is 0 Å². The second-order valence-corrected chi connectivity index (χ2v) is 4.63. The number of rotatable bonds is 6. The molecular formula is C12H21N3O2. The van der Waals surface area contributed by atoms with E-state index >= 15 is 0 Å². The first-order chi connectivity index (χ1) is 7.90. The Bertz CT molecular complexity index is 389. The van der Waals surface area contributed by atoms with E-state index in [1.807, 2.05) is 27.0 Å². The van der Waals surface area contributed by atoms with E-state index in [0.717, 1.165) is 12.1 Å². The molecule has 2 unspecified atom stereocenters. The summed E-state index contributed by atoms with van der Waals surface area (Å²) >= 11 is 0. The van der Waals surface area contributed by atoms with Gasteiger partial charge in [-0.05, 0) is 26.3 Å². The first-order valence-electron chi connectivity index (χ1n) is 5.89. The summed E-state index contributed by atoms with van der Waals surface area (Å²) in [5.74, 6) is -0.812. The van der Waals surface area contributed by atoms with Crippen molar-refractivity contribution in [1.29, 1.82) is 0 Å². The zero-order chi connectivity index (χ0) is 13.1. The predicted octanol–water partition coefficient (Wildman–Crippen LogP) is 1.71. The highest BCUT2D eigenvalue weighted by molar-refractivity contribution is 5.78. The second kappa shape index (κ2) is 5.31. The third kappa shape index (κ3) is 3.06. The normalized spacial score (nSPS) is 16.5. The fourth-order valence-electron chi connectivity index (χ4n) is 2.10. The second-order valence-electron chi connectivity index (χ2n) is 4.63.